The van der Waals surface area contributed by atoms with Crippen molar-refractivity contribution in [1.29, 1.82) is 0 Å². The zero-order valence-electron chi connectivity index (χ0n) is 17.8. The van der Waals surface area contributed by atoms with Crippen LogP contribution in [0.5, 0.6) is 0 Å². The van der Waals surface area contributed by atoms with Crippen molar-refractivity contribution in [1.82, 2.24) is 0 Å². The highest BCUT2D eigenvalue weighted by Gasteiger charge is 2.29. The number of hydrogen-bond acceptors (Lipinski definition) is 5. The van der Waals surface area contributed by atoms with Crippen molar-refractivity contribution in [2.45, 2.75) is 11.8 Å². The average Bonchev–Trinajstić information content (AvgIpc) is 2.82. The van der Waals surface area contributed by atoms with Crippen LogP contribution in [-0.2, 0) is 19.6 Å². The number of anilines is 1. The molecule has 0 aliphatic carbocycles. The molecule has 7 heteroatoms. The van der Waals surface area contributed by atoms with Crippen LogP contribution in [0.25, 0.3) is 6.08 Å². The Balaban J connectivity index is 2.17. The molecule has 0 radical (unpaired) electrons. The van der Waals surface area contributed by atoms with E-state index in [1.165, 1.54) is 31.4 Å². The normalized spacial score (nSPS) is 11.6. The fraction of sp³-hybridized carbons (Fsp3) is 0.120. The number of methoxy groups -OCH3 is 1. The van der Waals surface area contributed by atoms with Gasteiger partial charge in [0.1, 0.15) is 0 Å². The van der Waals surface area contributed by atoms with Crippen LogP contribution in [0.3, 0.4) is 0 Å². The number of aldehydes is 1. The molecule has 0 atom stereocenters. The second-order valence-corrected chi connectivity index (χ2v) is 8.94. The summed E-state index contributed by atoms with van der Waals surface area (Å²) in [6.45, 7) is 1.54. The molecule has 0 spiro atoms. The van der Waals surface area contributed by atoms with Crippen LogP contribution in [0.1, 0.15) is 21.5 Å². The van der Waals surface area contributed by atoms with Crippen LogP contribution in [0.4, 0.5) is 5.69 Å². The quantitative estimate of drug-likeness (QED) is 0.292. The molecule has 32 heavy (non-hydrogen) atoms. The molecule has 0 fully saturated rings. The fourth-order valence-electron chi connectivity index (χ4n) is 3.16. The third-order valence-corrected chi connectivity index (χ3v) is 6.62. The molecule has 0 aliphatic heterocycles. The first-order chi connectivity index (χ1) is 15.4. The lowest BCUT2D eigenvalue weighted by Crippen LogP contribution is -2.35. The number of para-hydroxylation sites is 1. The SMILES string of the molecule is COC(=O)/C(=C/c1ccccc1)CN(c1ccccc1C=O)S(=O)(=O)c1ccc(C)cc1. The number of ether oxygens (including phenoxy) is 1. The monoisotopic (exact) mass is 449 g/mol. The summed E-state index contributed by atoms with van der Waals surface area (Å²) in [6.07, 6.45) is 2.17. The van der Waals surface area contributed by atoms with E-state index in [9.17, 15) is 18.0 Å². The summed E-state index contributed by atoms with van der Waals surface area (Å²) in [5, 5.41) is 0. The van der Waals surface area contributed by atoms with E-state index in [4.69, 9.17) is 4.74 Å². The van der Waals surface area contributed by atoms with Gasteiger partial charge in [0.05, 0.1) is 29.8 Å². The van der Waals surface area contributed by atoms with Crippen molar-refractivity contribution in [2.24, 2.45) is 0 Å². The third kappa shape index (κ3) is 5.12. The van der Waals surface area contributed by atoms with Gasteiger partial charge in [-0.3, -0.25) is 9.10 Å². The van der Waals surface area contributed by atoms with Crippen molar-refractivity contribution in [3.8, 4) is 0 Å². The highest BCUT2D eigenvalue weighted by Crippen LogP contribution is 2.28. The number of aryl methyl sites for hydroxylation is 1. The Bertz CT molecular complexity index is 1230. The Kier molecular flexibility index (Phi) is 7.22. The maximum atomic E-state index is 13.6. The molecule has 0 aliphatic rings. The van der Waals surface area contributed by atoms with Crippen molar-refractivity contribution in [3.05, 3.63) is 101 Å². The first kappa shape index (κ1) is 23.0. The topological polar surface area (TPSA) is 80.8 Å². The molecular formula is C25H23NO5S. The third-order valence-electron chi connectivity index (χ3n) is 4.84. The van der Waals surface area contributed by atoms with Crippen LogP contribution in [-0.4, -0.2) is 34.3 Å². The molecular weight excluding hydrogens is 426 g/mol. The minimum atomic E-state index is -4.11. The molecule has 0 N–H and O–H groups in total. The summed E-state index contributed by atoms with van der Waals surface area (Å²) in [5.74, 6) is -0.665. The van der Waals surface area contributed by atoms with Crippen molar-refractivity contribution >= 4 is 34.0 Å². The average molecular weight is 450 g/mol. The Morgan fingerprint density at radius 2 is 1.56 bits per heavy atom. The lowest BCUT2D eigenvalue weighted by Gasteiger charge is -2.26. The van der Waals surface area contributed by atoms with Gasteiger partial charge in [-0.1, -0.05) is 60.2 Å². The highest BCUT2D eigenvalue weighted by molar-refractivity contribution is 7.92. The Morgan fingerprint density at radius 3 is 2.19 bits per heavy atom. The fourth-order valence-corrected chi connectivity index (χ4v) is 4.63. The van der Waals surface area contributed by atoms with E-state index in [2.05, 4.69) is 0 Å². The smallest absolute Gasteiger partial charge is 0.335 e. The van der Waals surface area contributed by atoms with Gasteiger partial charge in [-0.05, 0) is 42.8 Å². The Hall–Kier alpha value is -3.71. The van der Waals surface area contributed by atoms with E-state index in [1.54, 1.807) is 42.5 Å². The summed E-state index contributed by atoms with van der Waals surface area (Å²) < 4.78 is 33.3. The van der Waals surface area contributed by atoms with E-state index < -0.39 is 16.0 Å². The molecule has 0 amide bonds. The molecule has 0 saturated carbocycles. The standard InChI is InChI=1S/C25H23NO5S/c1-19-12-14-23(15-13-19)32(29,30)26(24-11-7-6-10-21(24)18-27)17-22(25(28)31-2)16-20-8-4-3-5-9-20/h3-16,18H,17H2,1-2H3/b22-16+. The zero-order chi connectivity index (χ0) is 23.1. The first-order valence-electron chi connectivity index (χ1n) is 9.84. The maximum absolute atomic E-state index is 13.6. The minimum Gasteiger partial charge on any atom is -0.466 e. The second kappa shape index (κ2) is 10.1. The van der Waals surface area contributed by atoms with E-state index in [0.717, 1.165) is 9.87 Å². The summed E-state index contributed by atoms with van der Waals surface area (Å²) in [5.41, 5.74) is 2.10. The molecule has 0 saturated heterocycles. The number of benzene rings is 3. The van der Waals surface area contributed by atoms with E-state index in [0.29, 0.717) is 11.8 Å². The van der Waals surface area contributed by atoms with Gasteiger partial charge in [-0.25, -0.2) is 13.2 Å². The molecule has 0 aromatic heterocycles. The van der Waals surface area contributed by atoms with Crippen molar-refractivity contribution in [2.75, 3.05) is 18.0 Å². The van der Waals surface area contributed by atoms with Gasteiger partial charge in [-0.15, -0.1) is 0 Å². The van der Waals surface area contributed by atoms with Crippen LogP contribution < -0.4 is 4.31 Å². The number of hydrogen-bond donors (Lipinski definition) is 0. The molecule has 6 nitrogen and oxygen atoms in total. The second-order valence-electron chi connectivity index (χ2n) is 7.07. The van der Waals surface area contributed by atoms with Crippen molar-refractivity contribution < 1.29 is 22.7 Å². The molecule has 0 heterocycles. The van der Waals surface area contributed by atoms with Crippen molar-refractivity contribution in [3.63, 3.8) is 0 Å². The molecule has 164 valence electrons. The first-order valence-corrected chi connectivity index (χ1v) is 11.3. The summed E-state index contributed by atoms with van der Waals surface area (Å²) >= 11 is 0. The number of nitrogens with zero attached hydrogens (tertiary/aromatic N) is 1. The largest absolute Gasteiger partial charge is 0.466 e. The van der Waals surface area contributed by atoms with Gasteiger partial charge in [0.25, 0.3) is 10.0 Å². The van der Waals surface area contributed by atoms with Gasteiger partial charge in [0.15, 0.2) is 6.29 Å². The van der Waals surface area contributed by atoms with Gasteiger partial charge in [0.2, 0.25) is 0 Å². The summed E-state index contributed by atoms with van der Waals surface area (Å²) in [7, 11) is -2.87. The van der Waals surface area contributed by atoms with Gasteiger partial charge >= 0.3 is 5.97 Å². The predicted molar refractivity (Wildman–Crippen MR) is 124 cm³/mol. The van der Waals surface area contributed by atoms with Crippen LogP contribution in [0.2, 0.25) is 0 Å². The predicted octanol–water partition coefficient (Wildman–Crippen LogP) is 4.26. The Morgan fingerprint density at radius 1 is 0.938 bits per heavy atom. The van der Waals surface area contributed by atoms with Crippen LogP contribution in [0.15, 0.2) is 89.3 Å². The molecule has 0 unspecified atom stereocenters. The lowest BCUT2D eigenvalue weighted by molar-refractivity contribution is -0.136. The van der Waals surface area contributed by atoms with E-state index in [-0.39, 0.29) is 28.3 Å². The number of carbonyl (C=O) groups excluding carboxylic acids is 2. The number of carbonyl (C=O) groups is 2. The Labute approximate surface area is 187 Å². The number of rotatable bonds is 8. The van der Waals surface area contributed by atoms with Crippen LogP contribution >= 0.6 is 0 Å². The highest BCUT2D eigenvalue weighted by atomic mass is 32.2. The molecule has 3 rings (SSSR count). The van der Waals surface area contributed by atoms with Gasteiger partial charge in [0, 0.05) is 5.56 Å². The summed E-state index contributed by atoms with van der Waals surface area (Å²) in [4.78, 5) is 24.3. The summed E-state index contributed by atoms with van der Waals surface area (Å²) in [6, 6.07) is 21.8. The number of sulfonamides is 1. The van der Waals surface area contributed by atoms with E-state index in [1.807, 2.05) is 25.1 Å². The van der Waals surface area contributed by atoms with Crippen LogP contribution in [0, 0.1) is 6.92 Å². The van der Waals surface area contributed by atoms with E-state index >= 15 is 0 Å². The molecule has 3 aromatic carbocycles. The maximum Gasteiger partial charge on any atom is 0.335 e. The zero-order valence-corrected chi connectivity index (χ0v) is 18.6. The molecule has 3 aromatic rings. The minimum absolute atomic E-state index is 0.0488. The molecule has 0 bridgehead atoms. The lowest BCUT2D eigenvalue weighted by atomic mass is 10.1. The number of esters is 1. The van der Waals surface area contributed by atoms with Gasteiger partial charge < -0.3 is 4.74 Å². The van der Waals surface area contributed by atoms with Gasteiger partial charge in [-0.2, -0.15) is 0 Å².